The zero-order valence-electron chi connectivity index (χ0n) is 14.3. The van der Waals surface area contributed by atoms with E-state index < -0.39 is 5.91 Å². The number of aromatic amines is 1. The van der Waals surface area contributed by atoms with Crippen molar-refractivity contribution >= 4 is 17.7 Å². The Hall–Kier alpha value is -2.42. The van der Waals surface area contributed by atoms with Crippen LogP contribution in [0.4, 0.5) is 0 Å². The third kappa shape index (κ3) is 7.23. The number of nitrogens with one attached hydrogen (secondary N) is 4. The Morgan fingerprint density at radius 3 is 2.62 bits per heavy atom. The summed E-state index contributed by atoms with van der Waals surface area (Å²) in [6.45, 7) is 4.96. The predicted octanol–water partition coefficient (Wildman–Crippen LogP) is -0.179. The number of likely N-dealkylation sites (N-methyl/N-ethyl adjacent to an activating group) is 1. The minimum absolute atomic E-state index is 0.0542. The summed E-state index contributed by atoms with van der Waals surface area (Å²) in [5.41, 5.74) is 0.120. The van der Waals surface area contributed by atoms with E-state index in [0.29, 0.717) is 13.2 Å². The van der Waals surface area contributed by atoms with E-state index in [0.717, 1.165) is 12.8 Å². The highest BCUT2D eigenvalue weighted by Gasteiger charge is 2.14. The van der Waals surface area contributed by atoms with Crippen LogP contribution in [0.3, 0.4) is 0 Å². The van der Waals surface area contributed by atoms with Crippen molar-refractivity contribution in [2.45, 2.75) is 32.8 Å². The molecule has 0 saturated heterocycles. The second-order valence-electron chi connectivity index (χ2n) is 5.38. The Balaban J connectivity index is 2.32. The number of imidazole rings is 1. The molecule has 4 N–H and O–H groups in total. The number of carbonyl (C=O) groups excluding carboxylic acids is 3. The van der Waals surface area contributed by atoms with Gasteiger partial charge < -0.3 is 25.7 Å². The van der Waals surface area contributed by atoms with Crippen molar-refractivity contribution in [3.8, 4) is 0 Å². The van der Waals surface area contributed by atoms with Crippen LogP contribution in [0, 0.1) is 0 Å². The van der Waals surface area contributed by atoms with Crippen LogP contribution in [0.2, 0.25) is 0 Å². The number of ether oxygens (including phenoxy) is 1. The minimum Gasteiger partial charge on any atom is -0.379 e. The van der Waals surface area contributed by atoms with E-state index >= 15 is 0 Å². The molecule has 1 aromatic heterocycles. The Morgan fingerprint density at radius 1 is 1.21 bits per heavy atom. The van der Waals surface area contributed by atoms with Crippen molar-refractivity contribution in [3.63, 3.8) is 0 Å². The van der Waals surface area contributed by atoms with Gasteiger partial charge in [0, 0.05) is 20.2 Å². The van der Waals surface area contributed by atoms with E-state index in [2.05, 4.69) is 25.9 Å². The van der Waals surface area contributed by atoms with Crippen LogP contribution >= 0.6 is 0 Å². The molecule has 0 spiro atoms. The molecule has 1 aromatic rings. The Morgan fingerprint density at radius 2 is 1.96 bits per heavy atom. The number of H-pyrrole nitrogens is 1. The Labute approximate surface area is 140 Å². The lowest BCUT2D eigenvalue weighted by molar-refractivity contribution is -0.119. The molecule has 0 saturated carbocycles. The maximum atomic E-state index is 11.9. The van der Waals surface area contributed by atoms with Gasteiger partial charge in [-0.3, -0.25) is 14.4 Å². The molecule has 0 atom stereocenters. The maximum Gasteiger partial charge on any atom is 0.287 e. The van der Waals surface area contributed by atoms with E-state index in [1.54, 1.807) is 0 Å². The first-order chi connectivity index (χ1) is 11.4. The normalized spacial score (nSPS) is 10.5. The van der Waals surface area contributed by atoms with Crippen molar-refractivity contribution in [2.75, 3.05) is 26.7 Å². The molecule has 1 rings (SSSR count). The number of nitrogens with zero attached hydrogens (tertiary/aromatic N) is 1. The number of unbranched alkanes of at least 4 members (excludes halogenated alkanes) is 1. The van der Waals surface area contributed by atoms with Crippen LogP contribution in [0.5, 0.6) is 0 Å². The van der Waals surface area contributed by atoms with E-state index in [9.17, 15) is 14.4 Å². The zero-order valence-corrected chi connectivity index (χ0v) is 14.3. The van der Waals surface area contributed by atoms with Gasteiger partial charge in [-0.1, -0.05) is 0 Å². The molecule has 9 nitrogen and oxygen atoms in total. The van der Waals surface area contributed by atoms with Crippen LogP contribution in [0.25, 0.3) is 0 Å². The molecule has 0 aromatic carbocycles. The largest absolute Gasteiger partial charge is 0.379 e. The smallest absolute Gasteiger partial charge is 0.287 e. The van der Waals surface area contributed by atoms with Crippen LogP contribution in [0.1, 0.15) is 47.8 Å². The van der Waals surface area contributed by atoms with Gasteiger partial charge in [0.05, 0.1) is 18.8 Å². The molecule has 0 fully saturated rings. The molecule has 134 valence electrons. The molecule has 0 aliphatic carbocycles. The van der Waals surface area contributed by atoms with Crippen molar-refractivity contribution < 1.29 is 19.1 Å². The summed E-state index contributed by atoms with van der Waals surface area (Å²) in [7, 11) is 1.47. The van der Waals surface area contributed by atoms with E-state index in [-0.39, 0.29) is 36.0 Å². The standard InChI is InChI=1S/C15H25N5O4/c1-10(2)24-7-5-4-6-17-15(23)13-18-8-11(20-13)14(22)19-9-12(21)16-3/h8,10H,4-7,9H2,1-3H3,(H,16,21)(H,17,23)(H,18,20)(H,19,22). The van der Waals surface area contributed by atoms with Crippen molar-refractivity contribution in [2.24, 2.45) is 0 Å². The topological polar surface area (TPSA) is 125 Å². The average molecular weight is 339 g/mol. The van der Waals surface area contributed by atoms with E-state index in [1.165, 1.54) is 13.2 Å². The van der Waals surface area contributed by atoms with Crippen LogP contribution in [-0.2, 0) is 9.53 Å². The summed E-state index contributed by atoms with van der Waals surface area (Å²) in [5.74, 6) is -1.15. The third-order valence-electron chi connectivity index (χ3n) is 3.03. The van der Waals surface area contributed by atoms with Gasteiger partial charge in [-0.25, -0.2) is 4.98 Å². The van der Waals surface area contributed by atoms with Gasteiger partial charge in [-0.15, -0.1) is 0 Å². The van der Waals surface area contributed by atoms with Crippen molar-refractivity contribution in [1.29, 1.82) is 0 Å². The fraction of sp³-hybridized carbons (Fsp3) is 0.600. The van der Waals surface area contributed by atoms with Gasteiger partial charge >= 0.3 is 0 Å². The molecule has 24 heavy (non-hydrogen) atoms. The van der Waals surface area contributed by atoms with Gasteiger partial charge in [-0.2, -0.15) is 0 Å². The maximum absolute atomic E-state index is 11.9. The summed E-state index contributed by atoms with van der Waals surface area (Å²) >= 11 is 0. The molecule has 3 amide bonds. The summed E-state index contributed by atoms with van der Waals surface area (Å²) in [4.78, 5) is 41.2. The monoisotopic (exact) mass is 339 g/mol. The second kappa shape index (κ2) is 10.4. The number of amides is 3. The molecule has 0 radical (unpaired) electrons. The highest BCUT2D eigenvalue weighted by molar-refractivity contribution is 5.97. The molecule has 0 bridgehead atoms. The molecule has 0 aliphatic rings. The second-order valence-corrected chi connectivity index (χ2v) is 5.38. The highest BCUT2D eigenvalue weighted by atomic mass is 16.5. The summed E-state index contributed by atoms with van der Waals surface area (Å²) < 4.78 is 5.41. The van der Waals surface area contributed by atoms with Gasteiger partial charge in [0.2, 0.25) is 5.91 Å². The van der Waals surface area contributed by atoms with Crippen molar-refractivity contribution in [3.05, 3.63) is 17.7 Å². The fourth-order valence-electron chi connectivity index (χ4n) is 1.73. The molecule has 9 heteroatoms. The molecule has 1 heterocycles. The summed E-state index contributed by atoms with van der Waals surface area (Å²) in [5, 5.41) is 7.51. The van der Waals surface area contributed by atoms with Gasteiger partial charge in [0.25, 0.3) is 11.8 Å². The van der Waals surface area contributed by atoms with Gasteiger partial charge in [0.1, 0.15) is 5.69 Å². The lowest BCUT2D eigenvalue weighted by atomic mass is 10.3. The Kier molecular flexibility index (Phi) is 8.48. The predicted molar refractivity (Wildman–Crippen MR) is 87.6 cm³/mol. The number of carbonyl (C=O) groups is 3. The lowest BCUT2D eigenvalue weighted by Gasteiger charge is -2.07. The van der Waals surface area contributed by atoms with Crippen LogP contribution in [-0.4, -0.2) is 60.5 Å². The van der Waals surface area contributed by atoms with E-state index in [4.69, 9.17) is 4.74 Å². The summed E-state index contributed by atoms with van der Waals surface area (Å²) in [6, 6.07) is 0. The number of hydrogen-bond donors (Lipinski definition) is 4. The van der Waals surface area contributed by atoms with Crippen LogP contribution in [0.15, 0.2) is 6.20 Å². The first-order valence-corrected chi connectivity index (χ1v) is 7.87. The molecule has 0 unspecified atom stereocenters. The quantitative estimate of drug-likeness (QED) is 0.440. The third-order valence-corrected chi connectivity index (χ3v) is 3.03. The first kappa shape index (κ1) is 19.6. The Bertz CT molecular complexity index is 556. The fourth-order valence-corrected chi connectivity index (χ4v) is 1.73. The first-order valence-electron chi connectivity index (χ1n) is 7.87. The zero-order chi connectivity index (χ0) is 17.9. The number of hydrogen-bond acceptors (Lipinski definition) is 5. The average Bonchev–Trinajstić information content (AvgIpc) is 3.05. The van der Waals surface area contributed by atoms with Gasteiger partial charge in [-0.05, 0) is 26.7 Å². The molecular formula is C15H25N5O4. The number of rotatable bonds is 10. The SMILES string of the molecule is CNC(=O)CNC(=O)c1cnc(C(=O)NCCCCOC(C)C)[nH]1. The molecule has 0 aliphatic heterocycles. The van der Waals surface area contributed by atoms with Crippen molar-refractivity contribution in [1.82, 2.24) is 25.9 Å². The minimum atomic E-state index is -0.504. The van der Waals surface area contributed by atoms with Gasteiger partial charge in [0.15, 0.2) is 5.82 Å². The number of aromatic nitrogens is 2. The van der Waals surface area contributed by atoms with Crippen LogP contribution < -0.4 is 16.0 Å². The summed E-state index contributed by atoms with van der Waals surface area (Å²) in [6.07, 6.45) is 3.10. The van der Waals surface area contributed by atoms with E-state index in [1.807, 2.05) is 13.8 Å². The molecular weight excluding hydrogens is 314 g/mol. The lowest BCUT2D eigenvalue weighted by Crippen LogP contribution is -2.35. The highest BCUT2D eigenvalue weighted by Crippen LogP contribution is 1.98.